The van der Waals surface area contributed by atoms with Crippen molar-refractivity contribution in [3.8, 4) is 10.4 Å². The van der Waals surface area contributed by atoms with Gasteiger partial charge in [-0.25, -0.2) is 19.3 Å². The van der Waals surface area contributed by atoms with Crippen LogP contribution in [0.2, 0.25) is 0 Å². The minimum absolute atomic E-state index is 0.167. The Morgan fingerprint density at radius 1 is 1.10 bits per heavy atom. The van der Waals surface area contributed by atoms with Crippen molar-refractivity contribution in [2.75, 3.05) is 25.0 Å². The van der Waals surface area contributed by atoms with Gasteiger partial charge in [0.25, 0.3) is 0 Å². The highest BCUT2D eigenvalue weighted by Gasteiger charge is 2.14. The van der Waals surface area contributed by atoms with Gasteiger partial charge in [0, 0.05) is 38.4 Å². The van der Waals surface area contributed by atoms with Crippen molar-refractivity contribution in [3.63, 3.8) is 0 Å². The van der Waals surface area contributed by atoms with Gasteiger partial charge in [0.05, 0.1) is 22.9 Å². The Labute approximate surface area is 231 Å². The van der Waals surface area contributed by atoms with Gasteiger partial charge in [0.15, 0.2) is 5.13 Å². The van der Waals surface area contributed by atoms with E-state index < -0.39 is 0 Å². The molecule has 4 heterocycles. The highest BCUT2D eigenvalue weighted by atomic mass is 32.1. The standard InChI is InChI=1S/C18H15FN6OS.C8H13NO.C2H6/c19-13-3-1-12(2-4-13)16-9-22-18(27-16)24-17-7-15-14(8-21-17)23-10-25(15)6-5-20-11-26;1-2-5-8(10)9-6-3-4-7-9;1-2/h1-4,7-11H,5-6H2,(H,20,26)(H,21,22,24);2,5H,3-4,6-7H2,1H3;1-2H3/b;5-2-;. The number of hydrogen-bond donors (Lipinski definition) is 2. The zero-order valence-corrected chi connectivity index (χ0v) is 23.2. The van der Waals surface area contributed by atoms with Crippen molar-refractivity contribution >= 4 is 45.6 Å². The number of imidazole rings is 1. The second kappa shape index (κ2) is 15.3. The molecule has 2 N–H and O–H groups in total. The molecule has 1 aromatic carbocycles. The number of benzene rings is 1. The van der Waals surface area contributed by atoms with E-state index in [2.05, 4.69) is 25.6 Å². The van der Waals surface area contributed by atoms with E-state index in [1.165, 1.54) is 36.3 Å². The van der Waals surface area contributed by atoms with E-state index in [9.17, 15) is 14.0 Å². The number of thiazole rings is 1. The van der Waals surface area contributed by atoms with Crippen LogP contribution in [0, 0.1) is 5.82 Å². The number of carbonyl (C=O) groups is 2. The lowest BCUT2D eigenvalue weighted by atomic mass is 10.2. The van der Waals surface area contributed by atoms with Crippen molar-refractivity contribution < 1.29 is 14.0 Å². The summed E-state index contributed by atoms with van der Waals surface area (Å²) < 4.78 is 15.0. The van der Waals surface area contributed by atoms with Crippen molar-refractivity contribution in [3.05, 3.63) is 67.0 Å². The summed E-state index contributed by atoms with van der Waals surface area (Å²) in [4.78, 5) is 37.3. The highest BCUT2D eigenvalue weighted by Crippen LogP contribution is 2.30. The summed E-state index contributed by atoms with van der Waals surface area (Å²) in [6.07, 6.45) is 11.6. The van der Waals surface area contributed by atoms with Crippen LogP contribution in [-0.4, -0.2) is 56.4 Å². The average Bonchev–Trinajstić information content (AvgIpc) is 3.73. The summed E-state index contributed by atoms with van der Waals surface area (Å²) >= 11 is 1.46. The molecule has 1 saturated heterocycles. The summed E-state index contributed by atoms with van der Waals surface area (Å²) in [6, 6.07) is 8.20. The number of anilines is 2. The second-order valence-electron chi connectivity index (χ2n) is 8.26. The lowest BCUT2D eigenvalue weighted by Crippen LogP contribution is -2.25. The van der Waals surface area contributed by atoms with Crippen LogP contribution in [0.5, 0.6) is 0 Å². The molecule has 39 heavy (non-hydrogen) atoms. The van der Waals surface area contributed by atoms with Crippen LogP contribution in [0.3, 0.4) is 0 Å². The third-order valence-corrected chi connectivity index (χ3v) is 6.65. The van der Waals surface area contributed by atoms with Gasteiger partial charge < -0.3 is 20.1 Å². The molecular weight excluding hydrogens is 517 g/mol. The topological polar surface area (TPSA) is 105 Å². The molecule has 0 atom stereocenters. The maximum atomic E-state index is 13.1. The molecule has 3 aromatic heterocycles. The number of nitrogens with one attached hydrogen (secondary N) is 2. The first-order valence-electron chi connectivity index (χ1n) is 13.0. The summed E-state index contributed by atoms with van der Waals surface area (Å²) in [5, 5.41) is 6.52. The van der Waals surface area contributed by atoms with Gasteiger partial charge in [-0.2, -0.15) is 0 Å². The minimum Gasteiger partial charge on any atom is -0.357 e. The number of aromatic nitrogens is 4. The molecule has 5 rings (SSSR count). The van der Waals surface area contributed by atoms with Crippen LogP contribution in [0.25, 0.3) is 21.5 Å². The first-order valence-corrected chi connectivity index (χ1v) is 13.8. The number of allylic oxidation sites excluding steroid dienone is 1. The normalized spacial score (nSPS) is 12.5. The van der Waals surface area contributed by atoms with Crippen LogP contribution in [-0.2, 0) is 16.1 Å². The molecule has 1 fully saturated rings. The molecule has 0 bridgehead atoms. The molecule has 0 radical (unpaired) electrons. The SMILES string of the molecule is C/C=C\C(=O)N1CCCC1.CC.O=CNCCn1cnc2cnc(Nc3ncc(-c4ccc(F)cc4)s3)cc21. The number of halogens is 1. The van der Waals surface area contributed by atoms with Gasteiger partial charge in [-0.1, -0.05) is 43.4 Å². The number of rotatable bonds is 8. The van der Waals surface area contributed by atoms with E-state index in [0.717, 1.165) is 34.6 Å². The highest BCUT2D eigenvalue weighted by molar-refractivity contribution is 7.18. The molecule has 0 unspecified atom stereocenters. The van der Waals surface area contributed by atoms with E-state index >= 15 is 0 Å². The zero-order chi connectivity index (χ0) is 28.0. The average molecular weight is 552 g/mol. The van der Waals surface area contributed by atoms with Crippen LogP contribution in [0.1, 0.15) is 33.6 Å². The Morgan fingerprint density at radius 3 is 2.54 bits per heavy atom. The molecule has 0 spiro atoms. The molecule has 0 saturated carbocycles. The minimum atomic E-state index is -0.265. The quantitative estimate of drug-likeness (QED) is 0.173. The van der Waals surface area contributed by atoms with Crippen molar-refractivity contribution in [2.24, 2.45) is 0 Å². The van der Waals surface area contributed by atoms with Gasteiger partial charge in [0.2, 0.25) is 12.3 Å². The van der Waals surface area contributed by atoms with E-state index in [1.807, 2.05) is 36.3 Å². The summed E-state index contributed by atoms with van der Waals surface area (Å²) in [5.74, 6) is 0.548. The largest absolute Gasteiger partial charge is 0.357 e. The first-order chi connectivity index (χ1) is 19.1. The molecule has 2 amide bonds. The Balaban J connectivity index is 0.000000294. The number of likely N-dealkylation sites (tertiary alicyclic amines) is 1. The smallest absolute Gasteiger partial charge is 0.246 e. The molecule has 9 nitrogen and oxygen atoms in total. The lowest BCUT2D eigenvalue weighted by Gasteiger charge is -2.11. The van der Waals surface area contributed by atoms with Crippen molar-refractivity contribution in [2.45, 2.75) is 40.2 Å². The monoisotopic (exact) mass is 551 g/mol. The van der Waals surface area contributed by atoms with E-state index in [0.29, 0.717) is 30.4 Å². The maximum Gasteiger partial charge on any atom is 0.246 e. The molecule has 1 aliphatic rings. The van der Waals surface area contributed by atoms with E-state index in [1.54, 1.807) is 43.0 Å². The van der Waals surface area contributed by atoms with Crippen LogP contribution < -0.4 is 10.6 Å². The van der Waals surface area contributed by atoms with E-state index in [4.69, 9.17) is 0 Å². The van der Waals surface area contributed by atoms with Gasteiger partial charge in [-0.3, -0.25) is 9.59 Å². The van der Waals surface area contributed by atoms with E-state index in [-0.39, 0.29) is 11.7 Å². The summed E-state index contributed by atoms with van der Waals surface area (Å²) in [6.45, 7) is 8.90. The predicted octanol–water partition coefficient (Wildman–Crippen LogP) is 5.39. The zero-order valence-electron chi connectivity index (χ0n) is 22.4. The summed E-state index contributed by atoms with van der Waals surface area (Å²) in [5.41, 5.74) is 2.60. The van der Waals surface area contributed by atoms with Crippen molar-refractivity contribution in [1.29, 1.82) is 0 Å². The second-order valence-corrected chi connectivity index (χ2v) is 9.29. The maximum absolute atomic E-state index is 13.1. The number of amides is 2. The Morgan fingerprint density at radius 2 is 1.85 bits per heavy atom. The molecule has 0 aliphatic carbocycles. The van der Waals surface area contributed by atoms with Gasteiger partial charge in [-0.15, -0.1) is 0 Å². The third-order valence-electron chi connectivity index (χ3n) is 5.68. The summed E-state index contributed by atoms with van der Waals surface area (Å²) in [7, 11) is 0. The van der Waals surface area contributed by atoms with Gasteiger partial charge >= 0.3 is 0 Å². The number of hydrogen-bond acceptors (Lipinski definition) is 7. The molecule has 206 valence electrons. The third kappa shape index (κ3) is 8.44. The number of fused-ring (bicyclic) bond motifs is 1. The Hall–Kier alpha value is -4.12. The van der Waals surface area contributed by atoms with Crippen molar-refractivity contribution in [1.82, 2.24) is 29.7 Å². The molecule has 1 aliphatic heterocycles. The fourth-order valence-electron chi connectivity index (χ4n) is 3.83. The molecular formula is C28H34FN7O2S. The number of carbonyl (C=O) groups excluding carboxylic acids is 2. The lowest BCUT2D eigenvalue weighted by molar-refractivity contribution is -0.125. The fraction of sp³-hybridized carbons (Fsp3) is 0.321. The molecule has 11 heteroatoms. The number of nitrogens with zero attached hydrogens (tertiary/aromatic N) is 5. The first kappa shape index (κ1) is 29.4. The molecule has 4 aromatic rings. The van der Waals surface area contributed by atoms with Crippen LogP contribution in [0.4, 0.5) is 15.3 Å². The van der Waals surface area contributed by atoms with Gasteiger partial charge in [0.1, 0.15) is 17.2 Å². The van der Waals surface area contributed by atoms with Crippen LogP contribution >= 0.6 is 11.3 Å². The van der Waals surface area contributed by atoms with Gasteiger partial charge in [-0.05, 0) is 43.5 Å². The number of pyridine rings is 1. The van der Waals surface area contributed by atoms with Crippen LogP contribution in [0.15, 0.2) is 61.2 Å². The Bertz CT molecular complexity index is 1360. The fourth-order valence-corrected chi connectivity index (χ4v) is 4.65. The predicted molar refractivity (Wildman–Crippen MR) is 154 cm³/mol. The Kier molecular flexibility index (Phi) is 11.6.